The van der Waals surface area contributed by atoms with Gasteiger partial charge in [0.1, 0.15) is 5.60 Å². The molecule has 6 rings (SSSR count). The summed E-state index contributed by atoms with van der Waals surface area (Å²) in [7, 11) is 0. The number of oxime groups is 1. The Kier molecular flexibility index (Phi) is 4.66. The zero-order chi connectivity index (χ0) is 20.0. The van der Waals surface area contributed by atoms with Crippen LogP contribution in [0.15, 0.2) is 17.5 Å². The molecule has 160 valence electrons. The molecule has 1 spiro atoms. The number of aromatic nitrogens is 3. The van der Waals surface area contributed by atoms with Gasteiger partial charge in [0.2, 0.25) is 0 Å². The topological polar surface area (TPSA) is 73.6 Å². The van der Waals surface area contributed by atoms with E-state index in [-0.39, 0.29) is 5.60 Å². The standard InChI is InChI=1S/C23H31N5O2/c1-2-8-23(9-3-1)12-20(27-30-23)18-13-24-22-19(14-25-28(22)15-16-4-5-16)21(18)26-17-6-10-29-11-7-17/h13-14,16-17H,1-12,15H2,(H,24,26). The van der Waals surface area contributed by atoms with Crippen molar-refractivity contribution in [2.24, 2.45) is 11.1 Å². The van der Waals surface area contributed by atoms with Gasteiger partial charge in [-0.15, -0.1) is 0 Å². The Bertz CT molecular complexity index is 952. The van der Waals surface area contributed by atoms with Crippen LogP contribution in [0.2, 0.25) is 0 Å². The molecule has 0 atom stereocenters. The lowest BCUT2D eigenvalue weighted by Gasteiger charge is -2.30. The first-order valence-corrected chi connectivity index (χ1v) is 11.7. The molecule has 7 nitrogen and oxygen atoms in total. The smallest absolute Gasteiger partial charge is 0.159 e. The molecule has 4 aliphatic rings. The van der Waals surface area contributed by atoms with Gasteiger partial charge in [0.05, 0.1) is 23.0 Å². The summed E-state index contributed by atoms with van der Waals surface area (Å²) in [5.74, 6) is 0.764. The molecule has 0 bridgehead atoms. The summed E-state index contributed by atoms with van der Waals surface area (Å²) in [6.07, 6.45) is 15.5. The minimum atomic E-state index is -0.0886. The minimum absolute atomic E-state index is 0.0886. The number of nitrogens with zero attached hydrogens (tertiary/aromatic N) is 4. The maximum absolute atomic E-state index is 6.06. The summed E-state index contributed by atoms with van der Waals surface area (Å²) in [6.45, 7) is 2.60. The SMILES string of the molecule is c1nc2c(cnn2CC2CC2)c(NC2CCOCC2)c1C1=NOC2(CCCCC2)C1. The lowest BCUT2D eigenvalue weighted by Crippen LogP contribution is -2.32. The predicted molar refractivity (Wildman–Crippen MR) is 116 cm³/mol. The number of ether oxygens (including phenoxy) is 1. The van der Waals surface area contributed by atoms with Crippen LogP contribution < -0.4 is 5.32 Å². The van der Waals surface area contributed by atoms with E-state index in [1.54, 1.807) is 0 Å². The molecular formula is C23H31N5O2. The fourth-order valence-corrected chi connectivity index (χ4v) is 5.26. The molecule has 2 aliphatic carbocycles. The molecule has 0 aromatic carbocycles. The molecule has 1 saturated heterocycles. The average Bonchev–Trinajstić information content (AvgIpc) is 3.38. The van der Waals surface area contributed by atoms with Gasteiger partial charge in [0.25, 0.3) is 0 Å². The van der Waals surface area contributed by atoms with E-state index < -0.39 is 0 Å². The average molecular weight is 410 g/mol. The number of rotatable bonds is 5. The number of hydrogen-bond acceptors (Lipinski definition) is 6. The van der Waals surface area contributed by atoms with E-state index in [1.165, 1.54) is 32.1 Å². The molecule has 2 saturated carbocycles. The van der Waals surface area contributed by atoms with Crippen LogP contribution in [0, 0.1) is 5.92 Å². The summed E-state index contributed by atoms with van der Waals surface area (Å²) in [5.41, 5.74) is 4.14. The fraction of sp³-hybridized carbons (Fsp3) is 0.696. The predicted octanol–water partition coefficient (Wildman–Crippen LogP) is 4.26. The van der Waals surface area contributed by atoms with Gasteiger partial charge in [0, 0.05) is 44.0 Å². The van der Waals surface area contributed by atoms with Crippen LogP contribution >= 0.6 is 0 Å². The van der Waals surface area contributed by atoms with E-state index in [4.69, 9.17) is 19.7 Å². The van der Waals surface area contributed by atoms with Crippen molar-refractivity contribution in [2.75, 3.05) is 18.5 Å². The summed E-state index contributed by atoms with van der Waals surface area (Å²) in [4.78, 5) is 10.9. The normalized spacial score (nSPS) is 24.2. The molecule has 2 aliphatic heterocycles. The zero-order valence-corrected chi connectivity index (χ0v) is 17.6. The Labute approximate surface area is 177 Å². The second-order valence-electron chi connectivity index (χ2n) is 9.63. The number of nitrogens with one attached hydrogen (secondary N) is 1. The van der Waals surface area contributed by atoms with E-state index >= 15 is 0 Å². The van der Waals surface area contributed by atoms with Gasteiger partial charge in [-0.1, -0.05) is 11.6 Å². The summed E-state index contributed by atoms with van der Waals surface area (Å²) < 4.78 is 7.66. The van der Waals surface area contributed by atoms with Crippen molar-refractivity contribution >= 4 is 22.4 Å². The maximum atomic E-state index is 6.06. The van der Waals surface area contributed by atoms with Crippen molar-refractivity contribution in [3.63, 3.8) is 0 Å². The van der Waals surface area contributed by atoms with Crippen LogP contribution in [0.25, 0.3) is 11.0 Å². The second kappa shape index (κ2) is 7.52. The van der Waals surface area contributed by atoms with Crippen LogP contribution in [0.4, 0.5) is 5.69 Å². The van der Waals surface area contributed by atoms with Gasteiger partial charge in [-0.25, -0.2) is 9.67 Å². The molecule has 0 radical (unpaired) electrons. The second-order valence-corrected chi connectivity index (χ2v) is 9.63. The van der Waals surface area contributed by atoms with Crippen molar-refractivity contribution in [3.05, 3.63) is 18.0 Å². The highest BCUT2D eigenvalue weighted by Gasteiger charge is 2.41. The van der Waals surface area contributed by atoms with E-state index in [2.05, 4.69) is 15.2 Å². The molecule has 1 N–H and O–H groups in total. The van der Waals surface area contributed by atoms with E-state index in [1.807, 2.05) is 12.4 Å². The van der Waals surface area contributed by atoms with Gasteiger partial charge in [-0.3, -0.25) is 0 Å². The Balaban J connectivity index is 1.36. The first-order valence-electron chi connectivity index (χ1n) is 11.7. The van der Waals surface area contributed by atoms with Gasteiger partial charge < -0.3 is 14.9 Å². The van der Waals surface area contributed by atoms with Crippen molar-refractivity contribution in [1.82, 2.24) is 14.8 Å². The first kappa shape index (κ1) is 18.6. The van der Waals surface area contributed by atoms with Crippen LogP contribution in [0.1, 0.15) is 69.8 Å². The third kappa shape index (κ3) is 3.47. The van der Waals surface area contributed by atoms with E-state index in [0.29, 0.717) is 6.04 Å². The highest BCUT2D eigenvalue weighted by Crippen LogP contribution is 2.41. The van der Waals surface area contributed by atoms with E-state index in [9.17, 15) is 0 Å². The highest BCUT2D eigenvalue weighted by atomic mass is 16.7. The Hall–Kier alpha value is -2.15. The monoisotopic (exact) mass is 409 g/mol. The molecular weight excluding hydrogens is 378 g/mol. The number of pyridine rings is 1. The van der Waals surface area contributed by atoms with Gasteiger partial charge in [-0.2, -0.15) is 5.10 Å². The largest absolute Gasteiger partial charge is 0.389 e. The Morgan fingerprint density at radius 1 is 1.07 bits per heavy atom. The zero-order valence-electron chi connectivity index (χ0n) is 17.6. The summed E-state index contributed by atoms with van der Waals surface area (Å²) in [5, 5.41) is 14.2. The van der Waals surface area contributed by atoms with Gasteiger partial charge in [-0.05, 0) is 57.3 Å². The van der Waals surface area contributed by atoms with Gasteiger partial charge in [0.15, 0.2) is 5.65 Å². The molecule has 2 aromatic rings. The summed E-state index contributed by atoms with van der Waals surface area (Å²) in [6, 6.07) is 0.404. The van der Waals surface area contributed by atoms with Crippen molar-refractivity contribution < 1.29 is 9.57 Å². The Morgan fingerprint density at radius 2 is 1.90 bits per heavy atom. The number of fused-ring (bicyclic) bond motifs is 1. The molecule has 30 heavy (non-hydrogen) atoms. The van der Waals surface area contributed by atoms with Crippen LogP contribution in [-0.4, -0.2) is 45.3 Å². The van der Waals surface area contributed by atoms with Crippen LogP contribution in [0.3, 0.4) is 0 Å². The van der Waals surface area contributed by atoms with Crippen molar-refractivity contribution in [1.29, 1.82) is 0 Å². The fourth-order valence-electron chi connectivity index (χ4n) is 5.26. The third-order valence-corrected chi connectivity index (χ3v) is 7.28. The lowest BCUT2D eigenvalue weighted by molar-refractivity contribution is -0.0449. The third-order valence-electron chi connectivity index (χ3n) is 7.28. The molecule has 7 heteroatoms. The number of hydrogen-bond donors (Lipinski definition) is 1. The molecule has 0 unspecified atom stereocenters. The minimum Gasteiger partial charge on any atom is -0.389 e. The molecule has 0 amide bonds. The van der Waals surface area contributed by atoms with Crippen molar-refractivity contribution in [3.8, 4) is 0 Å². The van der Waals surface area contributed by atoms with Crippen molar-refractivity contribution in [2.45, 2.75) is 82.4 Å². The quantitative estimate of drug-likeness (QED) is 0.799. The number of anilines is 1. The Morgan fingerprint density at radius 3 is 2.70 bits per heavy atom. The first-order chi connectivity index (χ1) is 14.8. The van der Waals surface area contributed by atoms with Crippen LogP contribution in [0.5, 0.6) is 0 Å². The summed E-state index contributed by atoms with van der Waals surface area (Å²) >= 11 is 0. The maximum Gasteiger partial charge on any atom is 0.159 e. The van der Waals surface area contributed by atoms with Crippen LogP contribution in [-0.2, 0) is 16.1 Å². The van der Waals surface area contributed by atoms with E-state index in [0.717, 1.165) is 85.8 Å². The highest BCUT2D eigenvalue weighted by molar-refractivity contribution is 6.10. The molecule has 3 fully saturated rings. The molecule has 4 heterocycles. The van der Waals surface area contributed by atoms with Gasteiger partial charge >= 0.3 is 0 Å². The molecule has 2 aromatic heterocycles. The lowest BCUT2D eigenvalue weighted by atomic mass is 9.81.